The highest BCUT2D eigenvalue weighted by molar-refractivity contribution is 7.98. The number of carbonyl (C=O) groups is 1. The Hall–Kier alpha value is -0.900. The number of aromatic carboxylic acids is 1. The van der Waals surface area contributed by atoms with Crippen LogP contribution in [0.2, 0.25) is 0 Å². The fraction of sp³-hybridized carbons (Fsp3) is 0.583. The van der Waals surface area contributed by atoms with Gasteiger partial charge in [-0.3, -0.25) is 0 Å². The van der Waals surface area contributed by atoms with Crippen molar-refractivity contribution in [1.82, 2.24) is 0 Å². The van der Waals surface area contributed by atoms with E-state index in [1.54, 1.807) is 6.07 Å². The molecule has 2 rings (SSSR count). The summed E-state index contributed by atoms with van der Waals surface area (Å²) in [4.78, 5) is 10.8. The van der Waals surface area contributed by atoms with Crippen LogP contribution in [0.3, 0.4) is 0 Å². The molecule has 3 nitrogen and oxygen atoms in total. The van der Waals surface area contributed by atoms with E-state index in [0.29, 0.717) is 0 Å². The van der Waals surface area contributed by atoms with Gasteiger partial charge in [-0.15, -0.1) is 0 Å². The van der Waals surface area contributed by atoms with E-state index >= 15 is 0 Å². The van der Waals surface area contributed by atoms with Gasteiger partial charge in [-0.05, 0) is 30.6 Å². The third kappa shape index (κ3) is 2.82. The van der Waals surface area contributed by atoms with E-state index < -0.39 is 5.97 Å². The van der Waals surface area contributed by atoms with E-state index in [0.717, 1.165) is 23.0 Å². The Morgan fingerprint density at radius 2 is 2.25 bits per heavy atom. The molecule has 1 aliphatic rings. The van der Waals surface area contributed by atoms with E-state index in [2.05, 4.69) is 0 Å². The van der Waals surface area contributed by atoms with Gasteiger partial charge in [0.1, 0.15) is 0 Å². The highest BCUT2D eigenvalue weighted by Gasteiger charge is 2.17. The van der Waals surface area contributed by atoms with Gasteiger partial charge in [0.25, 0.3) is 0 Å². The zero-order chi connectivity index (χ0) is 11.4. The minimum absolute atomic E-state index is 0.0962. The van der Waals surface area contributed by atoms with Gasteiger partial charge in [-0.2, -0.15) is 11.8 Å². The summed E-state index contributed by atoms with van der Waals surface area (Å²) in [6.07, 6.45) is 6.85. The van der Waals surface area contributed by atoms with E-state index in [-0.39, 0.29) is 5.76 Å². The topological polar surface area (TPSA) is 50.4 Å². The molecule has 0 amide bonds. The quantitative estimate of drug-likeness (QED) is 0.857. The summed E-state index contributed by atoms with van der Waals surface area (Å²) in [6, 6.07) is 1.76. The molecule has 4 heteroatoms. The van der Waals surface area contributed by atoms with Gasteiger partial charge in [0.15, 0.2) is 0 Å². The molecule has 0 bridgehead atoms. The second-order valence-corrected chi connectivity index (χ2v) is 5.28. The van der Waals surface area contributed by atoms with Gasteiger partial charge in [0.2, 0.25) is 5.76 Å². The first-order valence-electron chi connectivity index (χ1n) is 5.65. The Balaban J connectivity index is 1.80. The maximum Gasteiger partial charge on any atom is 0.372 e. The minimum atomic E-state index is -0.971. The molecule has 1 aromatic rings. The van der Waals surface area contributed by atoms with Crippen molar-refractivity contribution in [2.45, 2.75) is 31.4 Å². The number of hydrogen-bond donors (Lipinski definition) is 1. The van der Waals surface area contributed by atoms with Gasteiger partial charge in [-0.25, -0.2) is 4.79 Å². The van der Waals surface area contributed by atoms with Crippen LogP contribution in [0.1, 0.15) is 41.8 Å². The summed E-state index contributed by atoms with van der Waals surface area (Å²) < 4.78 is 4.94. The second-order valence-electron chi connectivity index (χ2n) is 4.25. The zero-order valence-electron chi connectivity index (χ0n) is 9.15. The maximum atomic E-state index is 10.8. The summed E-state index contributed by atoms with van der Waals surface area (Å²) in [7, 11) is 0. The van der Waals surface area contributed by atoms with E-state index in [1.165, 1.54) is 31.9 Å². The first-order chi connectivity index (χ1) is 7.77. The third-order valence-corrected chi connectivity index (χ3v) is 4.25. The Morgan fingerprint density at radius 1 is 1.50 bits per heavy atom. The largest absolute Gasteiger partial charge is 0.475 e. The van der Waals surface area contributed by atoms with Crippen LogP contribution >= 0.6 is 11.8 Å². The number of furan rings is 1. The Labute approximate surface area is 99.2 Å². The SMILES string of the molecule is O=C(O)c1occc1CSCC1CCCC1. The van der Waals surface area contributed by atoms with Crippen LogP contribution < -0.4 is 0 Å². The van der Waals surface area contributed by atoms with E-state index in [9.17, 15) is 4.79 Å². The van der Waals surface area contributed by atoms with Crippen LogP contribution in [0, 0.1) is 5.92 Å². The number of carboxylic acid groups (broad SMARTS) is 1. The smallest absolute Gasteiger partial charge is 0.372 e. The molecule has 1 N–H and O–H groups in total. The Kier molecular flexibility index (Phi) is 3.93. The normalized spacial score (nSPS) is 16.8. The van der Waals surface area contributed by atoms with Crippen LogP contribution in [0.15, 0.2) is 16.7 Å². The number of hydrogen-bond acceptors (Lipinski definition) is 3. The first kappa shape index (κ1) is 11.6. The van der Waals surface area contributed by atoms with Crippen LogP contribution in [0.25, 0.3) is 0 Å². The zero-order valence-corrected chi connectivity index (χ0v) is 9.96. The van der Waals surface area contributed by atoms with Gasteiger partial charge < -0.3 is 9.52 Å². The summed E-state index contributed by atoms with van der Waals surface area (Å²) in [6.45, 7) is 0. The number of rotatable bonds is 5. The molecule has 0 aliphatic heterocycles. The standard InChI is InChI=1S/C12H16O3S/c13-12(14)11-10(5-6-15-11)8-16-7-9-3-1-2-4-9/h5-6,9H,1-4,7-8H2,(H,13,14). The molecular formula is C12H16O3S. The highest BCUT2D eigenvalue weighted by atomic mass is 32.2. The molecule has 1 fully saturated rings. The van der Waals surface area contributed by atoms with Gasteiger partial charge >= 0.3 is 5.97 Å². The lowest BCUT2D eigenvalue weighted by Crippen LogP contribution is -2.00. The van der Waals surface area contributed by atoms with Crippen LogP contribution in [-0.2, 0) is 5.75 Å². The molecule has 0 atom stereocenters. The molecule has 1 heterocycles. The molecule has 1 aliphatic carbocycles. The maximum absolute atomic E-state index is 10.8. The van der Waals surface area contributed by atoms with Gasteiger partial charge in [-0.1, -0.05) is 12.8 Å². The lowest BCUT2D eigenvalue weighted by molar-refractivity contribution is 0.0661. The van der Waals surface area contributed by atoms with Crippen molar-refractivity contribution in [1.29, 1.82) is 0 Å². The molecule has 0 aromatic carbocycles. The van der Waals surface area contributed by atoms with E-state index in [1.807, 2.05) is 11.8 Å². The lowest BCUT2D eigenvalue weighted by Gasteiger charge is -2.07. The fourth-order valence-electron chi connectivity index (χ4n) is 2.15. The summed E-state index contributed by atoms with van der Waals surface area (Å²) in [5.41, 5.74) is 0.801. The van der Waals surface area contributed by atoms with Crippen molar-refractivity contribution in [2.24, 2.45) is 5.92 Å². The van der Waals surface area contributed by atoms with Crippen LogP contribution in [0.5, 0.6) is 0 Å². The van der Waals surface area contributed by atoms with Gasteiger partial charge in [0, 0.05) is 11.3 Å². The van der Waals surface area contributed by atoms with Crippen molar-refractivity contribution in [3.05, 3.63) is 23.7 Å². The fourth-order valence-corrected chi connectivity index (χ4v) is 3.38. The van der Waals surface area contributed by atoms with Crippen molar-refractivity contribution in [2.75, 3.05) is 5.75 Å². The predicted molar refractivity (Wildman–Crippen MR) is 63.8 cm³/mol. The predicted octanol–water partition coefficient (Wildman–Crippen LogP) is 3.40. The molecule has 1 aromatic heterocycles. The molecule has 0 spiro atoms. The Morgan fingerprint density at radius 3 is 2.94 bits per heavy atom. The molecular weight excluding hydrogens is 224 g/mol. The monoisotopic (exact) mass is 240 g/mol. The van der Waals surface area contributed by atoms with Crippen LogP contribution in [0.4, 0.5) is 0 Å². The summed E-state index contributed by atoms with van der Waals surface area (Å²) in [5, 5.41) is 8.86. The molecule has 16 heavy (non-hydrogen) atoms. The van der Waals surface area contributed by atoms with Crippen molar-refractivity contribution in [3.8, 4) is 0 Å². The average molecular weight is 240 g/mol. The Bertz CT molecular complexity index is 353. The van der Waals surface area contributed by atoms with Gasteiger partial charge in [0.05, 0.1) is 6.26 Å². The minimum Gasteiger partial charge on any atom is -0.475 e. The number of carboxylic acids is 1. The molecule has 1 saturated carbocycles. The molecule has 88 valence electrons. The van der Waals surface area contributed by atoms with Crippen LogP contribution in [-0.4, -0.2) is 16.8 Å². The third-order valence-electron chi connectivity index (χ3n) is 3.03. The highest BCUT2D eigenvalue weighted by Crippen LogP contribution is 2.29. The first-order valence-corrected chi connectivity index (χ1v) is 6.80. The molecule has 0 unspecified atom stereocenters. The second kappa shape index (κ2) is 5.43. The number of thioether (sulfide) groups is 1. The van der Waals surface area contributed by atoms with Crippen molar-refractivity contribution < 1.29 is 14.3 Å². The summed E-state index contributed by atoms with van der Waals surface area (Å²) >= 11 is 1.82. The van der Waals surface area contributed by atoms with E-state index in [4.69, 9.17) is 9.52 Å². The van der Waals surface area contributed by atoms with Crippen molar-refractivity contribution in [3.63, 3.8) is 0 Å². The lowest BCUT2D eigenvalue weighted by atomic mass is 10.1. The average Bonchev–Trinajstić information content (AvgIpc) is 2.87. The summed E-state index contributed by atoms with van der Waals surface area (Å²) in [5.74, 6) is 1.85. The molecule has 0 saturated heterocycles. The molecule has 0 radical (unpaired) electrons. The van der Waals surface area contributed by atoms with Crippen molar-refractivity contribution >= 4 is 17.7 Å².